The molecule has 6 nitrogen and oxygen atoms in total. The van der Waals surface area contributed by atoms with Crippen molar-refractivity contribution in [1.82, 2.24) is 15.3 Å². The van der Waals surface area contributed by atoms with Crippen LogP contribution in [0.5, 0.6) is 0 Å². The molecular formula is C13H11N4O2+. The standard InChI is InChI=1S/C13H10N4O2/c18-17-10-7-6-9-11(16-19-15-9)12(10)14-13(17)8-4-2-1-3-5-8/h1-5,18H,6-7H2/p+1. The van der Waals surface area contributed by atoms with Gasteiger partial charge in [-0.15, -0.1) is 0 Å². The van der Waals surface area contributed by atoms with E-state index in [1.165, 1.54) is 4.73 Å². The lowest BCUT2D eigenvalue weighted by molar-refractivity contribution is -0.899. The van der Waals surface area contributed by atoms with Gasteiger partial charge in [0.25, 0.3) is 0 Å². The lowest BCUT2D eigenvalue weighted by atomic mass is 10.0. The molecule has 0 bridgehead atoms. The molecule has 2 heterocycles. The third kappa shape index (κ3) is 1.40. The van der Waals surface area contributed by atoms with Gasteiger partial charge in [0.1, 0.15) is 5.69 Å². The zero-order valence-electron chi connectivity index (χ0n) is 10.00. The zero-order valence-corrected chi connectivity index (χ0v) is 10.00. The fourth-order valence-electron chi connectivity index (χ4n) is 2.50. The molecule has 94 valence electrons. The first kappa shape index (κ1) is 10.3. The monoisotopic (exact) mass is 255 g/mol. The molecule has 6 heteroatoms. The lowest BCUT2D eigenvalue weighted by Crippen LogP contribution is -2.36. The number of H-pyrrole nitrogens is 1. The van der Waals surface area contributed by atoms with Crippen molar-refractivity contribution in [2.75, 3.05) is 0 Å². The zero-order chi connectivity index (χ0) is 12.8. The smallest absolute Gasteiger partial charge is 0.326 e. The van der Waals surface area contributed by atoms with Crippen LogP contribution in [0.2, 0.25) is 0 Å². The van der Waals surface area contributed by atoms with Crippen LogP contribution in [0.15, 0.2) is 35.0 Å². The van der Waals surface area contributed by atoms with E-state index in [4.69, 9.17) is 4.63 Å². The molecule has 1 aliphatic carbocycles. The Labute approximate surface area is 108 Å². The number of imidazole rings is 1. The Hall–Kier alpha value is -2.63. The molecule has 0 fully saturated rings. The largest absolute Gasteiger partial charge is 0.349 e. The minimum Gasteiger partial charge on any atom is -0.349 e. The van der Waals surface area contributed by atoms with E-state index in [9.17, 15) is 5.21 Å². The summed E-state index contributed by atoms with van der Waals surface area (Å²) in [7, 11) is 0. The average Bonchev–Trinajstić information content (AvgIpc) is 3.04. The van der Waals surface area contributed by atoms with Crippen molar-refractivity contribution in [3.05, 3.63) is 41.7 Å². The number of nitrogens with one attached hydrogen (secondary N) is 1. The quantitative estimate of drug-likeness (QED) is 0.508. The highest BCUT2D eigenvalue weighted by Crippen LogP contribution is 2.30. The summed E-state index contributed by atoms with van der Waals surface area (Å²) in [6.45, 7) is 0. The van der Waals surface area contributed by atoms with Gasteiger partial charge in [-0.25, -0.2) is 9.61 Å². The van der Waals surface area contributed by atoms with Crippen LogP contribution in [0.1, 0.15) is 11.4 Å². The molecule has 0 spiro atoms. The second kappa shape index (κ2) is 3.68. The van der Waals surface area contributed by atoms with Crippen LogP contribution in [0, 0.1) is 0 Å². The van der Waals surface area contributed by atoms with Gasteiger partial charge in [-0.05, 0) is 22.0 Å². The number of benzene rings is 1. The molecule has 4 rings (SSSR count). The molecule has 0 unspecified atom stereocenters. The first-order chi connectivity index (χ1) is 9.34. The van der Waals surface area contributed by atoms with Crippen molar-refractivity contribution >= 4 is 0 Å². The summed E-state index contributed by atoms with van der Waals surface area (Å²) in [4.78, 5) is 3.21. The van der Waals surface area contributed by atoms with Crippen LogP contribution in [-0.2, 0) is 12.8 Å². The highest BCUT2D eigenvalue weighted by molar-refractivity contribution is 5.64. The number of hydrogen-bond donors (Lipinski definition) is 2. The van der Waals surface area contributed by atoms with Crippen LogP contribution in [-0.4, -0.2) is 20.5 Å². The number of hydrogen-bond acceptors (Lipinski definition) is 4. The maximum atomic E-state index is 10.3. The third-order valence-electron chi connectivity index (χ3n) is 3.44. The SMILES string of the molecule is O[n+]1c(-c2ccccc2)[nH]c2c1CCc1nonc1-2. The Balaban J connectivity index is 1.94. The number of aryl methyl sites for hydroxylation is 1. The molecule has 2 N–H and O–H groups in total. The summed E-state index contributed by atoms with van der Waals surface area (Å²) in [5.74, 6) is 0.640. The van der Waals surface area contributed by atoms with Crippen LogP contribution < -0.4 is 4.73 Å². The van der Waals surface area contributed by atoms with E-state index in [0.717, 1.165) is 29.1 Å². The summed E-state index contributed by atoms with van der Waals surface area (Å²) in [6.07, 6.45) is 1.43. The van der Waals surface area contributed by atoms with Crippen LogP contribution in [0.25, 0.3) is 22.8 Å². The summed E-state index contributed by atoms with van der Waals surface area (Å²) in [6, 6.07) is 9.67. The van der Waals surface area contributed by atoms with Gasteiger partial charge < -0.3 is 5.21 Å². The van der Waals surface area contributed by atoms with E-state index in [1.54, 1.807) is 0 Å². The van der Waals surface area contributed by atoms with E-state index < -0.39 is 0 Å². The van der Waals surface area contributed by atoms with Gasteiger partial charge in [-0.2, -0.15) is 0 Å². The maximum Gasteiger partial charge on any atom is 0.326 e. The number of aromatic nitrogens is 4. The van der Waals surface area contributed by atoms with Crippen molar-refractivity contribution in [3.63, 3.8) is 0 Å². The molecule has 3 aromatic rings. The molecule has 0 aliphatic heterocycles. The first-order valence-electron chi connectivity index (χ1n) is 6.08. The Morgan fingerprint density at radius 2 is 2.00 bits per heavy atom. The summed E-state index contributed by atoms with van der Waals surface area (Å²) < 4.78 is 5.96. The van der Waals surface area contributed by atoms with Gasteiger partial charge >= 0.3 is 5.82 Å². The van der Waals surface area contributed by atoms with E-state index in [-0.39, 0.29) is 0 Å². The van der Waals surface area contributed by atoms with E-state index >= 15 is 0 Å². The molecule has 2 aromatic heterocycles. The van der Waals surface area contributed by atoms with Crippen molar-refractivity contribution < 1.29 is 14.6 Å². The molecule has 0 amide bonds. The highest BCUT2D eigenvalue weighted by Gasteiger charge is 2.34. The van der Waals surface area contributed by atoms with Crippen LogP contribution in [0.3, 0.4) is 0 Å². The van der Waals surface area contributed by atoms with Gasteiger partial charge in [0.05, 0.1) is 5.56 Å². The van der Waals surface area contributed by atoms with E-state index in [0.29, 0.717) is 17.9 Å². The normalized spacial score (nSPS) is 13.1. The number of rotatable bonds is 1. The topological polar surface area (TPSA) is 78.8 Å². The molecular weight excluding hydrogens is 244 g/mol. The third-order valence-corrected chi connectivity index (χ3v) is 3.44. The van der Waals surface area contributed by atoms with Crippen molar-refractivity contribution in [1.29, 1.82) is 0 Å². The van der Waals surface area contributed by atoms with Crippen LogP contribution in [0.4, 0.5) is 0 Å². The van der Waals surface area contributed by atoms with Gasteiger partial charge in [-0.1, -0.05) is 23.4 Å². The first-order valence-corrected chi connectivity index (χ1v) is 6.08. The number of fused-ring (bicyclic) bond motifs is 3. The lowest BCUT2D eigenvalue weighted by Gasteiger charge is -2.02. The predicted octanol–water partition coefficient (Wildman–Crippen LogP) is 1.36. The molecule has 0 saturated carbocycles. The number of aromatic amines is 1. The summed E-state index contributed by atoms with van der Waals surface area (Å²) in [5.41, 5.74) is 4.02. The summed E-state index contributed by atoms with van der Waals surface area (Å²) in [5, 5.41) is 18.1. The van der Waals surface area contributed by atoms with Crippen molar-refractivity contribution in [3.8, 4) is 22.8 Å². The molecule has 19 heavy (non-hydrogen) atoms. The molecule has 0 atom stereocenters. The maximum absolute atomic E-state index is 10.3. The van der Waals surface area contributed by atoms with Gasteiger partial charge in [0.2, 0.25) is 5.69 Å². The molecule has 0 saturated heterocycles. The Kier molecular flexibility index (Phi) is 2.00. The second-order valence-corrected chi connectivity index (χ2v) is 4.53. The second-order valence-electron chi connectivity index (χ2n) is 4.53. The number of nitrogens with zero attached hydrogens (tertiary/aromatic N) is 3. The van der Waals surface area contributed by atoms with E-state index in [2.05, 4.69) is 15.3 Å². The molecule has 1 aromatic carbocycles. The van der Waals surface area contributed by atoms with Gasteiger partial charge in [0, 0.05) is 12.8 Å². The summed E-state index contributed by atoms with van der Waals surface area (Å²) >= 11 is 0. The van der Waals surface area contributed by atoms with E-state index in [1.807, 2.05) is 30.3 Å². The predicted molar refractivity (Wildman–Crippen MR) is 64.3 cm³/mol. The molecule has 0 radical (unpaired) electrons. The van der Waals surface area contributed by atoms with Crippen LogP contribution >= 0.6 is 0 Å². The van der Waals surface area contributed by atoms with Gasteiger partial charge in [-0.3, -0.25) is 0 Å². The van der Waals surface area contributed by atoms with Crippen molar-refractivity contribution in [2.24, 2.45) is 0 Å². The molecule has 1 aliphatic rings. The minimum absolute atomic E-state index is 0.640. The highest BCUT2D eigenvalue weighted by atomic mass is 16.6. The fourth-order valence-corrected chi connectivity index (χ4v) is 2.50. The van der Waals surface area contributed by atoms with Crippen molar-refractivity contribution in [2.45, 2.75) is 12.8 Å². The fraction of sp³-hybridized carbons (Fsp3) is 0.154. The Morgan fingerprint density at radius 3 is 2.84 bits per heavy atom. The minimum atomic E-state index is 0.640. The average molecular weight is 255 g/mol. The Bertz CT molecular complexity index is 745. The Morgan fingerprint density at radius 1 is 1.16 bits per heavy atom. The van der Waals surface area contributed by atoms with Gasteiger partial charge in [0.15, 0.2) is 11.4 Å².